The summed E-state index contributed by atoms with van der Waals surface area (Å²) in [5.74, 6) is 1.44. The van der Waals surface area contributed by atoms with Gasteiger partial charge in [0.1, 0.15) is 5.75 Å². The van der Waals surface area contributed by atoms with Crippen molar-refractivity contribution < 1.29 is 9.15 Å². The molecule has 0 unspecified atom stereocenters. The van der Waals surface area contributed by atoms with Crippen molar-refractivity contribution in [3.8, 4) is 17.0 Å². The summed E-state index contributed by atoms with van der Waals surface area (Å²) >= 11 is 0. The number of ether oxygens (including phenoxy) is 1. The Labute approximate surface area is 116 Å². The zero-order valence-corrected chi connectivity index (χ0v) is 11.4. The molecule has 0 aliphatic carbocycles. The summed E-state index contributed by atoms with van der Waals surface area (Å²) in [5, 5.41) is 3.01. The first-order valence-corrected chi connectivity index (χ1v) is 6.35. The molecule has 0 saturated heterocycles. The second kappa shape index (κ2) is 5.30. The topological polar surface area (TPSA) is 60.2 Å². The Kier molecular flexibility index (Phi) is 3.35. The van der Waals surface area contributed by atoms with Crippen molar-refractivity contribution >= 4 is 11.2 Å². The van der Waals surface area contributed by atoms with Crippen LogP contribution in [0.1, 0.15) is 5.89 Å². The molecule has 2 heterocycles. The Bertz CT molecular complexity index is 737. The van der Waals surface area contributed by atoms with Gasteiger partial charge in [0.05, 0.1) is 19.3 Å². The molecule has 0 atom stereocenters. The van der Waals surface area contributed by atoms with Gasteiger partial charge in [-0.15, -0.1) is 0 Å². The molecule has 1 aromatic carbocycles. The van der Waals surface area contributed by atoms with E-state index >= 15 is 0 Å². The molecule has 0 saturated carbocycles. The molecule has 0 aliphatic rings. The van der Waals surface area contributed by atoms with E-state index in [1.54, 1.807) is 7.11 Å². The normalized spacial score (nSPS) is 10.9. The number of nitrogens with one attached hydrogen (secondary N) is 1. The van der Waals surface area contributed by atoms with E-state index in [0.29, 0.717) is 23.7 Å². The van der Waals surface area contributed by atoms with Gasteiger partial charge in [-0.2, -0.15) is 4.98 Å². The predicted octanol–water partition coefficient (Wildman–Crippen LogP) is 2.62. The number of methoxy groups -OCH3 is 1. The SMILES string of the molecule is CNCc1nc2nc(-c3cccc(OC)c3)ccc2o1. The van der Waals surface area contributed by atoms with Crippen LogP contribution in [0.2, 0.25) is 0 Å². The summed E-state index contributed by atoms with van der Waals surface area (Å²) in [7, 11) is 3.50. The summed E-state index contributed by atoms with van der Waals surface area (Å²) in [6.07, 6.45) is 0. The summed E-state index contributed by atoms with van der Waals surface area (Å²) in [6, 6.07) is 11.6. The lowest BCUT2D eigenvalue weighted by atomic mass is 10.1. The molecule has 20 heavy (non-hydrogen) atoms. The fourth-order valence-corrected chi connectivity index (χ4v) is 2.03. The van der Waals surface area contributed by atoms with Crippen molar-refractivity contribution in [1.82, 2.24) is 15.3 Å². The maximum Gasteiger partial charge on any atom is 0.211 e. The number of benzene rings is 1. The second-order valence-corrected chi connectivity index (χ2v) is 4.39. The molecule has 3 aromatic rings. The second-order valence-electron chi connectivity index (χ2n) is 4.39. The lowest BCUT2D eigenvalue weighted by molar-refractivity contribution is 0.415. The molecule has 2 aromatic heterocycles. The van der Waals surface area contributed by atoms with Crippen LogP contribution in [0.4, 0.5) is 0 Å². The number of hydrogen-bond acceptors (Lipinski definition) is 5. The third kappa shape index (κ3) is 2.35. The predicted molar refractivity (Wildman–Crippen MR) is 76.6 cm³/mol. The van der Waals surface area contributed by atoms with Crippen molar-refractivity contribution in [2.75, 3.05) is 14.2 Å². The number of nitrogens with zero attached hydrogens (tertiary/aromatic N) is 2. The minimum Gasteiger partial charge on any atom is -0.497 e. The summed E-state index contributed by atoms with van der Waals surface area (Å²) in [4.78, 5) is 8.90. The molecule has 0 amide bonds. The van der Waals surface area contributed by atoms with E-state index in [4.69, 9.17) is 9.15 Å². The molecule has 1 N–H and O–H groups in total. The molecular weight excluding hydrogens is 254 g/mol. The summed E-state index contributed by atoms with van der Waals surface area (Å²) < 4.78 is 10.8. The first-order chi connectivity index (χ1) is 9.80. The first-order valence-electron chi connectivity index (χ1n) is 6.35. The van der Waals surface area contributed by atoms with Crippen LogP contribution in [0.25, 0.3) is 22.5 Å². The van der Waals surface area contributed by atoms with Crippen molar-refractivity contribution in [3.63, 3.8) is 0 Å². The minimum absolute atomic E-state index is 0.588. The molecule has 0 spiro atoms. The highest BCUT2D eigenvalue weighted by Crippen LogP contribution is 2.24. The van der Waals surface area contributed by atoms with Crippen LogP contribution in [-0.4, -0.2) is 24.1 Å². The molecule has 5 nitrogen and oxygen atoms in total. The number of rotatable bonds is 4. The molecule has 0 radical (unpaired) electrons. The van der Waals surface area contributed by atoms with Crippen LogP contribution in [0, 0.1) is 0 Å². The van der Waals surface area contributed by atoms with Crippen molar-refractivity contribution in [2.24, 2.45) is 0 Å². The molecular formula is C15H15N3O2. The Hall–Kier alpha value is -2.40. The van der Waals surface area contributed by atoms with Crippen LogP contribution < -0.4 is 10.1 Å². The number of pyridine rings is 1. The maximum atomic E-state index is 5.58. The Morgan fingerprint density at radius 1 is 1.20 bits per heavy atom. The van der Waals surface area contributed by atoms with Gasteiger partial charge < -0.3 is 14.5 Å². The van der Waals surface area contributed by atoms with Crippen LogP contribution in [0.5, 0.6) is 5.75 Å². The highest BCUT2D eigenvalue weighted by molar-refractivity contribution is 5.73. The van der Waals surface area contributed by atoms with Gasteiger partial charge in [-0.1, -0.05) is 12.1 Å². The number of aromatic nitrogens is 2. The van der Waals surface area contributed by atoms with Crippen LogP contribution >= 0.6 is 0 Å². The molecule has 0 fully saturated rings. The van der Waals surface area contributed by atoms with Crippen LogP contribution in [0.3, 0.4) is 0 Å². The zero-order chi connectivity index (χ0) is 13.9. The van der Waals surface area contributed by atoms with E-state index in [1.807, 2.05) is 43.4 Å². The van der Waals surface area contributed by atoms with E-state index in [9.17, 15) is 0 Å². The van der Waals surface area contributed by atoms with E-state index in [2.05, 4.69) is 15.3 Å². The number of hydrogen-bond donors (Lipinski definition) is 1. The third-order valence-electron chi connectivity index (χ3n) is 2.99. The van der Waals surface area contributed by atoms with E-state index in [1.165, 1.54) is 0 Å². The summed E-state index contributed by atoms with van der Waals surface area (Å²) in [6.45, 7) is 0.588. The van der Waals surface area contributed by atoms with Gasteiger partial charge in [-0.3, -0.25) is 0 Å². The Morgan fingerprint density at radius 2 is 2.10 bits per heavy atom. The van der Waals surface area contributed by atoms with Crippen LogP contribution in [-0.2, 0) is 6.54 Å². The maximum absolute atomic E-state index is 5.58. The van der Waals surface area contributed by atoms with Crippen molar-refractivity contribution in [3.05, 3.63) is 42.3 Å². The molecule has 5 heteroatoms. The monoisotopic (exact) mass is 269 g/mol. The minimum atomic E-state index is 0.588. The quantitative estimate of drug-likeness (QED) is 0.789. The summed E-state index contributed by atoms with van der Waals surface area (Å²) in [5.41, 5.74) is 3.16. The van der Waals surface area contributed by atoms with Gasteiger partial charge >= 0.3 is 0 Å². The molecule has 0 aliphatic heterocycles. The van der Waals surface area contributed by atoms with Gasteiger partial charge in [0.15, 0.2) is 11.2 Å². The lowest BCUT2D eigenvalue weighted by Crippen LogP contribution is -2.04. The van der Waals surface area contributed by atoms with Gasteiger partial charge in [-0.05, 0) is 31.3 Å². The lowest BCUT2D eigenvalue weighted by Gasteiger charge is -2.03. The van der Waals surface area contributed by atoms with E-state index in [0.717, 1.165) is 17.0 Å². The Balaban J connectivity index is 2.03. The number of oxazole rings is 1. The average Bonchev–Trinajstić information content (AvgIpc) is 2.89. The van der Waals surface area contributed by atoms with Gasteiger partial charge in [0, 0.05) is 5.56 Å². The van der Waals surface area contributed by atoms with E-state index < -0.39 is 0 Å². The highest BCUT2D eigenvalue weighted by atomic mass is 16.5. The Morgan fingerprint density at radius 3 is 2.90 bits per heavy atom. The average molecular weight is 269 g/mol. The smallest absolute Gasteiger partial charge is 0.211 e. The van der Waals surface area contributed by atoms with Crippen molar-refractivity contribution in [2.45, 2.75) is 6.54 Å². The molecule has 3 rings (SSSR count). The number of fused-ring (bicyclic) bond motifs is 1. The van der Waals surface area contributed by atoms with Crippen molar-refractivity contribution in [1.29, 1.82) is 0 Å². The standard InChI is InChI=1S/C15H15N3O2/c1-16-9-14-18-15-13(20-14)7-6-12(17-15)10-4-3-5-11(8-10)19-2/h3-8,16H,9H2,1-2H3. The molecule has 102 valence electrons. The van der Waals surface area contributed by atoms with Gasteiger partial charge in [0.25, 0.3) is 0 Å². The van der Waals surface area contributed by atoms with Crippen LogP contribution in [0.15, 0.2) is 40.8 Å². The van der Waals surface area contributed by atoms with Gasteiger partial charge in [-0.25, -0.2) is 4.98 Å². The molecule has 0 bridgehead atoms. The largest absolute Gasteiger partial charge is 0.497 e. The first kappa shape index (κ1) is 12.6. The van der Waals surface area contributed by atoms with Gasteiger partial charge in [0.2, 0.25) is 5.89 Å². The highest BCUT2D eigenvalue weighted by Gasteiger charge is 2.08. The zero-order valence-electron chi connectivity index (χ0n) is 11.4. The third-order valence-corrected chi connectivity index (χ3v) is 2.99. The fraction of sp³-hybridized carbons (Fsp3) is 0.200. The fourth-order valence-electron chi connectivity index (χ4n) is 2.03. The van der Waals surface area contributed by atoms with E-state index in [-0.39, 0.29) is 0 Å².